The van der Waals surface area contributed by atoms with E-state index in [0.29, 0.717) is 5.56 Å². The van der Waals surface area contributed by atoms with Gasteiger partial charge in [0.05, 0.1) is 19.3 Å². The lowest BCUT2D eigenvalue weighted by molar-refractivity contribution is -0.359. The van der Waals surface area contributed by atoms with Gasteiger partial charge in [-0.1, -0.05) is 6.07 Å². The molecule has 1 aromatic rings. The van der Waals surface area contributed by atoms with Gasteiger partial charge in [-0.25, -0.2) is 0 Å². The highest BCUT2D eigenvalue weighted by Gasteiger charge is 2.50. The molecule has 3 heterocycles. The average Bonchev–Trinajstić information content (AvgIpc) is 2.78. The number of aromatic hydroxyl groups is 2. The van der Waals surface area contributed by atoms with Crippen LogP contribution in [0.15, 0.2) is 18.2 Å². The molecule has 1 aromatic carbocycles. The highest BCUT2D eigenvalue weighted by Crippen LogP contribution is 2.36. The number of phenolic OH excluding ortho intramolecular Hbond substituents is 2. The second-order valence-electron chi connectivity index (χ2n) is 8.21. The van der Waals surface area contributed by atoms with E-state index in [1.54, 1.807) is 0 Å². The molecule has 4 rings (SSSR count). The Bertz CT molecular complexity index is 790. The second kappa shape index (κ2) is 9.35. The molecule has 7 N–H and O–H groups in total. The molecule has 0 aliphatic carbocycles. The molecular formula is C20H28O12. The van der Waals surface area contributed by atoms with Gasteiger partial charge in [0.15, 0.2) is 24.1 Å². The molecule has 0 spiro atoms. The lowest BCUT2D eigenvalue weighted by Crippen LogP contribution is -2.63. The first-order valence-electron chi connectivity index (χ1n) is 10.3. The Balaban J connectivity index is 1.37. The second-order valence-corrected chi connectivity index (χ2v) is 8.21. The number of hydrogen-bond acceptors (Lipinski definition) is 12. The van der Waals surface area contributed by atoms with Crippen molar-refractivity contribution in [3.8, 4) is 11.5 Å². The molecule has 0 amide bonds. The zero-order valence-electron chi connectivity index (χ0n) is 17.2. The van der Waals surface area contributed by atoms with Gasteiger partial charge in [-0.2, -0.15) is 0 Å². The summed E-state index contributed by atoms with van der Waals surface area (Å²) in [6, 6.07) is 4.15. The minimum atomic E-state index is -1.52. The quantitative estimate of drug-likeness (QED) is 0.242. The zero-order chi connectivity index (χ0) is 23.2. The molecule has 32 heavy (non-hydrogen) atoms. The lowest BCUT2D eigenvalue weighted by Gasteiger charge is -2.46. The van der Waals surface area contributed by atoms with Crippen LogP contribution in [0.25, 0.3) is 0 Å². The summed E-state index contributed by atoms with van der Waals surface area (Å²) in [6.45, 7) is 1.22. The van der Waals surface area contributed by atoms with Crippen LogP contribution in [-0.4, -0.2) is 110 Å². The first-order valence-corrected chi connectivity index (χ1v) is 10.3. The molecular weight excluding hydrogens is 432 g/mol. The third-order valence-corrected chi connectivity index (χ3v) is 5.98. The summed E-state index contributed by atoms with van der Waals surface area (Å²) in [5, 5.41) is 69.9. The molecule has 3 saturated heterocycles. The number of fused-ring (bicyclic) bond motifs is 1. The van der Waals surface area contributed by atoms with Crippen molar-refractivity contribution >= 4 is 0 Å². The van der Waals surface area contributed by atoms with Crippen LogP contribution in [0.2, 0.25) is 0 Å². The fraction of sp³-hybridized carbons (Fsp3) is 0.700. The number of aliphatic hydroxyl groups excluding tert-OH is 5. The third-order valence-electron chi connectivity index (χ3n) is 5.98. The van der Waals surface area contributed by atoms with Gasteiger partial charge in [0.2, 0.25) is 0 Å². The van der Waals surface area contributed by atoms with Gasteiger partial charge in [0.1, 0.15) is 48.8 Å². The van der Waals surface area contributed by atoms with Crippen LogP contribution in [0.4, 0.5) is 0 Å². The first kappa shape index (κ1) is 23.6. The van der Waals surface area contributed by atoms with Crippen LogP contribution in [0.1, 0.15) is 18.6 Å². The highest BCUT2D eigenvalue weighted by atomic mass is 16.7. The van der Waals surface area contributed by atoms with Gasteiger partial charge in [0.25, 0.3) is 0 Å². The van der Waals surface area contributed by atoms with E-state index in [1.807, 2.05) is 0 Å². The van der Waals surface area contributed by atoms with E-state index in [2.05, 4.69) is 0 Å². The highest BCUT2D eigenvalue weighted by molar-refractivity contribution is 5.41. The van der Waals surface area contributed by atoms with Crippen molar-refractivity contribution in [1.82, 2.24) is 0 Å². The number of ether oxygens (including phenoxy) is 5. The maximum absolute atomic E-state index is 10.6. The summed E-state index contributed by atoms with van der Waals surface area (Å²) in [5.74, 6) is -0.615. The number of phenols is 2. The topological polar surface area (TPSA) is 188 Å². The van der Waals surface area contributed by atoms with Crippen LogP contribution in [0.3, 0.4) is 0 Å². The number of rotatable bonds is 4. The molecule has 180 valence electrons. The van der Waals surface area contributed by atoms with Gasteiger partial charge in [0, 0.05) is 0 Å². The predicted octanol–water partition coefficient (Wildman–Crippen LogP) is -2.15. The molecule has 3 fully saturated rings. The fourth-order valence-electron chi connectivity index (χ4n) is 3.99. The predicted molar refractivity (Wildman–Crippen MR) is 102 cm³/mol. The maximum atomic E-state index is 10.6. The van der Waals surface area contributed by atoms with Gasteiger partial charge in [-0.15, -0.1) is 0 Å². The van der Waals surface area contributed by atoms with Crippen LogP contribution in [-0.2, 0) is 23.7 Å². The summed E-state index contributed by atoms with van der Waals surface area (Å²) in [4.78, 5) is 0. The normalized spacial score (nSPS) is 44.8. The van der Waals surface area contributed by atoms with Crippen molar-refractivity contribution in [2.24, 2.45) is 0 Å². The van der Waals surface area contributed by atoms with Gasteiger partial charge < -0.3 is 59.4 Å². The van der Waals surface area contributed by atoms with E-state index >= 15 is 0 Å². The molecule has 11 unspecified atom stereocenters. The number of benzene rings is 1. The van der Waals surface area contributed by atoms with Crippen LogP contribution < -0.4 is 0 Å². The SMILES string of the molecule is CC1OC(OCC2OC3OCC(c4ccc(O)c(O)c4)OC3C(O)C2O)C(O)C(O)C1O. The largest absolute Gasteiger partial charge is 0.504 e. The molecule has 0 aromatic heterocycles. The van der Waals surface area contributed by atoms with Crippen LogP contribution in [0, 0.1) is 0 Å². The Morgan fingerprint density at radius 3 is 2.34 bits per heavy atom. The van der Waals surface area contributed by atoms with Crippen molar-refractivity contribution in [1.29, 1.82) is 0 Å². The molecule has 11 atom stereocenters. The maximum Gasteiger partial charge on any atom is 0.187 e. The van der Waals surface area contributed by atoms with Crippen LogP contribution >= 0.6 is 0 Å². The summed E-state index contributed by atoms with van der Waals surface area (Å²) >= 11 is 0. The van der Waals surface area contributed by atoms with Crippen molar-refractivity contribution in [3.63, 3.8) is 0 Å². The first-order chi connectivity index (χ1) is 15.2. The molecule has 12 heteroatoms. The van der Waals surface area contributed by atoms with Crippen molar-refractivity contribution in [2.45, 2.75) is 74.4 Å². The van der Waals surface area contributed by atoms with Crippen molar-refractivity contribution in [2.75, 3.05) is 13.2 Å². The van der Waals surface area contributed by atoms with E-state index in [9.17, 15) is 35.7 Å². The fourth-order valence-corrected chi connectivity index (χ4v) is 3.99. The minimum absolute atomic E-state index is 0.0216. The zero-order valence-corrected chi connectivity index (χ0v) is 17.2. The molecule has 3 aliphatic rings. The Morgan fingerprint density at radius 1 is 0.875 bits per heavy atom. The molecule has 0 radical (unpaired) electrons. The van der Waals surface area contributed by atoms with E-state index in [-0.39, 0.29) is 24.7 Å². The Morgan fingerprint density at radius 2 is 1.62 bits per heavy atom. The standard InChI is InChI=1S/C20H28O12/c1-7-13(23)15(25)17(27)19(30-7)28-6-12-14(24)16(26)18-20(32-12)29-5-11(31-18)8-2-3-9(21)10(22)4-8/h2-4,7,11-27H,5-6H2,1H3. The summed E-state index contributed by atoms with van der Waals surface area (Å²) in [7, 11) is 0. The van der Waals surface area contributed by atoms with E-state index in [0.717, 1.165) is 0 Å². The molecule has 0 saturated carbocycles. The Labute approximate surface area is 183 Å². The van der Waals surface area contributed by atoms with E-state index < -0.39 is 67.5 Å². The number of hydrogen-bond donors (Lipinski definition) is 7. The minimum Gasteiger partial charge on any atom is -0.504 e. The average molecular weight is 460 g/mol. The van der Waals surface area contributed by atoms with Gasteiger partial charge >= 0.3 is 0 Å². The lowest BCUT2D eigenvalue weighted by atomic mass is 9.97. The Hall–Kier alpha value is -1.58. The summed E-state index contributed by atoms with van der Waals surface area (Å²) < 4.78 is 28.0. The third kappa shape index (κ3) is 4.43. The van der Waals surface area contributed by atoms with E-state index in [4.69, 9.17) is 23.7 Å². The van der Waals surface area contributed by atoms with Gasteiger partial charge in [-0.05, 0) is 24.6 Å². The molecule has 3 aliphatic heterocycles. The molecule has 12 nitrogen and oxygen atoms in total. The van der Waals surface area contributed by atoms with Crippen molar-refractivity contribution in [3.05, 3.63) is 23.8 Å². The summed E-state index contributed by atoms with van der Waals surface area (Å²) in [6.07, 6.45) is -13.0. The smallest absolute Gasteiger partial charge is 0.187 e. The van der Waals surface area contributed by atoms with Crippen LogP contribution in [0.5, 0.6) is 11.5 Å². The Kier molecular flexibility index (Phi) is 6.89. The van der Waals surface area contributed by atoms with Gasteiger partial charge in [-0.3, -0.25) is 0 Å². The number of aliphatic hydroxyl groups is 5. The summed E-state index contributed by atoms with van der Waals surface area (Å²) in [5.41, 5.74) is 0.504. The monoisotopic (exact) mass is 460 g/mol. The molecule has 0 bridgehead atoms. The van der Waals surface area contributed by atoms with E-state index in [1.165, 1.54) is 25.1 Å². The van der Waals surface area contributed by atoms with Crippen molar-refractivity contribution < 1.29 is 59.4 Å².